The summed E-state index contributed by atoms with van der Waals surface area (Å²) in [5.74, 6) is 0. The summed E-state index contributed by atoms with van der Waals surface area (Å²) in [5, 5.41) is 3.12. The zero-order chi connectivity index (χ0) is 11.8. The van der Waals surface area contributed by atoms with Gasteiger partial charge in [-0.1, -0.05) is 0 Å². The second-order valence-electron chi connectivity index (χ2n) is 3.79. The summed E-state index contributed by atoms with van der Waals surface area (Å²) in [6.07, 6.45) is 3.56. The van der Waals surface area contributed by atoms with Crippen LogP contribution in [0.25, 0.3) is 11.0 Å². The molecule has 3 heterocycles. The predicted octanol–water partition coefficient (Wildman–Crippen LogP) is 2.91. The third-order valence-electron chi connectivity index (χ3n) is 2.54. The van der Waals surface area contributed by atoms with E-state index < -0.39 is 0 Å². The first-order valence-electron chi connectivity index (χ1n) is 5.17. The number of pyridine rings is 1. The summed E-state index contributed by atoms with van der Waals surface area (Å²) >= 11 is 6.97. The number of nitrogens with one attached hydrogen (secondary N) is 1. The van der Waals surface area contributed by atoms with Crippen LogP contribution in [0, 0.1) is 11.7 Å². The van der Waals surface area contributed by atoms with Crippen LogP contribution >= 0.6 is 23.6 Å². The maximum absolute atomic E-state index is 5.32. The van der Waals surface area contributed by atoms with Crippen LogP contribution in [0.3, 0.4) is 0 Å². The van der Waals surface area contributed by atoms with Gasteiger partial charge in [-0.3, -0.25) is 4.98 Å². The second-order valence-corrected chi connectivity index (χ2v) is 5.12. The van der Waals surface area contributed by atoms with Crippen molar-refractivity contribution in [3.63, 3.8) is 0 Å². The Kier molecular flexibility index (Phi) is 2.53. The molecule has 0 aromatic carbocycles. The highest BCUT2D eigenvalue weighted by molar-refractivity contribution is 7.71. The second kappa shape index (κ2) is 4.05. The molecule has 0 saturated heterocycles. The van der Waals surface area contributed by atoms with E-state index in [4.69, 9.17) is 12.2 Å². The molecule has 17 heavy (non-hydrogen) atoms. The molecule has 0 aliphatic heterocycles. The fourth-order valence-electron chi connectivity index (χ4n) is 1.78. The van der Waals surface area contributed by atoms with Gasteiger partial charge < -0.3 is 9.55 Å². The largest absolute Gasteiger partial charge is 0.329 e. The lowest BCUT2D eigenvalue weighted by Crippen LogP contribution is -1.99. The number of hydrogen-bond donors (Lipinski definition) is 1. The van der Waals surface area contributed by atoms with Crippen molar-refractivity contribution >= 4 is 34.6 Å². The molecule has 0 fully saturated rings. The van der Waals surface area contributed by atoms with Gasteiger partial charge in [-0.25, -0.2) is 4.98 Å². The van der Waals surface area contributed by atoms with E-state index in [9.17, 15) is 0 Å². The molecule has 1 N–H and O–H groups in total. The maximum Gasteiger partial charge on any atom is 0.178 e. The van der Waals surface area contributed by atoms with Gasteiger partial charge >= 0.3 is 0 Å². The van der Waals surface area contributed by atoms with Gasteiger partial charge in [-0.2, -0.15) is 0 Å². The van der Waals surface area contributed by atoms with Gasteiger partial charge in [0.25, 0.3) is 0 Å². The lowest BCUT2D eigenvalue weighted by Gasteiger charge is -2.00. The fraction of sp³-hybridized carbons (Fsp3) is 0.182. The smallest absolute Gasteiger partial charge is 0.178 e. The molecule has 0 radical (unpaired) electrons. The molecule has 4 nitrogen and oxygen atoms in total. The average molecular weight is 262 g/mol. The van der Waals surface area contributed by atoms with Crippen LogP contribution < -0.4 is 0 Å². The van der Waals surface area contributed by atoms with Gasteiger partial charge in [0.15, 0.2) is 4.77 Å². The molecule has 3 aromatic heterocycles. The Bertz CT molecular complexity index is 722. The number of aryl methyl sites for hydroxylation is 1. The molecule has 0 bridgehead atoms. The molecule has 0 unspecified atom stereocenters. The summed E-state index contributed by atoms with van der Waals surface area (Å²) in [7, 11) is 0. The molecule has 3 aromatic rings. The Hall–Kier alpha value is -1.53. The van der Waals surface area contributed by atoms with Crippen molar-refractivity contribution in [3.05, 3.63) is 39.3 Å². The van der Waals surface area contributed by atoms with Crippen LogP contribution in [-0.4, -0.2) is 19.5 Å². The number of imidazole rings is 1. The van der Waals surface area contributed by atoms with E-state index in [0.717, 1.165) is 21.7 Å². The third kappa shape index (κ3) is 1.89. The molecule has 0 aliphatic rings. The topological polar surface area (TPSA) is 46.5 Å². The number of rotatable bonds is 2. The van der Waals surface area contributed by atoms with Crippen LogP contribution in [-0.2, 0) is 6.54 Å². The van der Waals surface area contributed by atoms with Crippen molar-refractivity contribution in [2.24, 2.45) is 0 Å². The van der Waals surface area contributed by atoms with Crippen molar-refractivity contribution < 1.29 is 0 Å². The molecule has 6 heteroatoms. The highest BCUT2D eigenvalue weighted by atomic mass is 32.1. The number of fused-ring (bicyclic) bond motifs is 1. The van der Waals surface area contributed by atoms with E-state index >= 15 is 0 Å². The van der Waals surface area contributed by atoms with Gasteiger partial charge in [0.1, 0.15) is 5.01 Å². The van der Waals surface area contributed by atoms with E-state index in [1.54, 1.807) is 23.7 Å². The summed E-state index contributed by atoms with van der Waals surface area (Å²) in [6, 6.07) is 1.96. The van der Waals surface area contributed by atoms with Crippen molar-refractivity contribution in [1.29, 1.82) is 0 Å². The number of H-pyrrole nitrogens is 1. The number of nitrogens with zero attached hydrogens (tertiary/aromatic N) is 3. The number of hydrogen-bond acceptors (Lipinski definition) is 4. The standard InChI is InChI=1S/C11H10N4S2/c1-7-6-17-10(13-7)5-15-9-2-3-12-4-8(9)14-11(15)16/h2-4,6H,5H2,1H3,(H,14,16). The Labute approximate surface area is 107 Å². The van der Waals surface area contributed by atoms with Crippen LogP contribution in [0.1, 0.15) is 10.7 Å². The minimum Gasteiger partial charge on any atom is -0.329 e. The van der Waals surface area contributed by atoms with Gasteiger partial charge in [-0.15, -0.1) is 11.3 Å². The minimum atomic E-state index is 0.709. The molecular formula is C11H10N4S2. The molecule has 0 atom stereocenters. The lowest BCUT2D eigenvalue weighted by atomic mass is 10.4. The summed E-state index contributed by atoms with van der Waals surface area (Å²) in [4.78, 5) is 11.7. The zero-order valence-electron chi connectivity index (χ0n) is 9.17. The van der Waals surface area contributed by atoms with Gasteiger partial charge in [-0.05, 0) is 25.2 Å². The van der Waals surface area contributed by atoms with E-state index in [1.807, 2.05) is 17.6 Å². The summed E-state index contributed by atoms with van der Waals surface area (Å²) in [6.45, 7) is 2.71. The molecule has 86 valence electrons. The summed E-state index contributed by atoms with van der Waals surface area (Å²) < 4.78 is 2.76. The molecule has 0 saturated carbocycles. The van der Waals surface area contributed by atoms with E-state index in [0.29, 0.717) is 11.3 Å². The van der Waals surface area contributed by atoms with Crippen molar-refractivity contribution in [2.75, 3.05) is 0 Å². The van der Waals surface area contributed by atoms with Crippen LogP contribution in [0.4, 0.5) is 0 Å². The number of aromatic amines is 1. The van der Waals surface area contributed by atoms with E-state index in [2.05, 4.69) is 20.3 Å². The van der Waals surface area contributed by atoms with Gasteiger partial charge in [0, 0.05) is 17.3 Å². The van der Waals surface area contributed by atoms with Crippen molar-refractivity contribution in [3.8, 4) is 0 Å². The average Bonchev–Trinajstić information content (AvgIpc) is 2.85. The number of aromatic nitrogens is 4. The van der Waals surface area contributed by atoms with E-state index in [-0.39, 0.29) is 0 Å². The normalized spacial score (nSPS) is 11.1. The first-order valence-corrected chi connectivity index (χ1v) is 6.46. The first kappa shape index (κ1) is 10.6. The molecule has 0 aliphatic carbocycles. The monoisotopic (exact) mass is 262 g/mol. The highest BCUT2D eigenvalue weighted by Gasteiger charge is 2.06. The lowest BCUT2D eigenvalue weighted by molar-refractivity contribution is 0.800. The zero-order valence-corrected chi connectivity index (χ0v) is 10.8. The van der Waals surface area contributed by atoms with Crippen LogP contribution in [0.15, 0.2) is 23.8 Å². The van der Waals surface area contributed by atoms with Crippen molar-refractivity contribution in [2.45, 2.75) is 13.5 Å². The molecular weight excluding hydrogens is 252 g/mol. The summed E-state index contributed by atoms with van der Waals surface area (Å²) in [5.41, 5.74) is 3.08. The SMILES string of the molecule is Cc1csc(Cn2c(=S)[nH]c3cnccc32)n1. The Morgan fingerprint density at radius 2 is 2.41 bits per heavy atom. The third-order valence-corrected chi connectivity index (χ3v) is 3.81. The number of thiazole rings is 1. The maximum atomic E-state index is 5.32. The fourth-order valence-corrected chi connectivity index (χ4v) is 2.81. The first-order chi connectivity index (χ1) is 8.24. The Morgan fingerprint density at radius 1 is 1.53 bits per heavy atom. The molecule has 0 spiro atoms. The molecule has 0 amide bonds. The predicted molar refractivity (Wildman–Crippen MR) is 70.9 cm³/mol. The van der Waals surface area contributed by atoms with Crippen molar-refractivity contribution in [1.82, 2.24) is 19.5 Å². The van der Waals surface area contributed by atoms with Crippen LogP contribution in [0.5, 0.6) is 0 Å². The highest BCUT2D eigenvalue weighted by Crippen LogP contribution is 2.16. The quantitative estimate of drug-likeness (QED) is 0.722. The Morgan fingerprint density at radius 3 is 3.18 bits per heavy atom. The van der Waals surface area contributed by atoms with Crippen LogP contribution in [0.2, 0.25) is 0 Å². The Balaban J connectivity index is 2.11. The molecule has 3 rings (SSSR count). The van der Waals surface area contributed by atoms with E-state index in [1.165, 1.54) is 0 Å². The van der Waals surface area contributed by atoms with Gasteiger partial charge in [0.05, 0.1) is 23.8 Å². The van der Waals surface area contributed by atoms with Gasteiger partial charge in [0.2, 0.25) is 0 Å². The minimum absolute atomic E-state index is 0.709.